The van der Waals surface area contributed by atoms with E-state index in [4.69, 9.17) is 49.7 Å². The molecule has 0 radical (unpaired) electrons. The zero-order chi connectivity index (χ0) is 20.8. The molecule has 0 spiro atoms. The number of nitrogens with one attached hydrogen (secondary N) is 2. The van der Waals surface area contributed by atoms with Gasteiger partial charge in [0.05, 0.1) is 0 Å². The molecule has 0 fully saturated rings. The summed E-state index contributed by atoms with van der Waals surface area (Å²) in [6, 6.07) is 16.3. The molecular formula is C22H28N2S4Zn. The molecule has 0 aliphatic heterocycles. The normalized spacial score (nSPS) is 9.45. The summed E-state index contributed by atoms with van der Waals surface area (Å²) >= 11 is 19.4. The molecule has 2 aromatic carbocycles. The van der Waals surface area contributed by atoms with Crippen LogP contribution in [0.1, 0.15) is 50.7 Å². The first-order valence-electron chi connectivity index (χ1n) is 9.59. The second-order valence-electron chi connectivity index (χ2n) is 6.35. The van der Waals surface area contributed by atoms with Crippen LogP contribution < -0.4 is 10.6 Å². The molecule has 152 valence electrons. The van der Waals surface area contributed by atoms with Crippen LogP contribution in [-0.4, -0.2) is 8.64 Å². The Morgan fingerprint density at radius 1 is 0.724 bits per heavy atom. The summed E-state index contributed by atoms with van der Waals surface area (Å²) in [7, 11) is 0. The van der Waals surface area contributed by atoms with Crippen molar-refractivity contribution in [1.29, 1.82) is 0 Å². The maximum absolute atomic E-state index is 4.85. The molecule has 0 unspecified atom stereocenters. The molecule has 29 heavy (non-hydrogen) atoms. The van der Waals surface area contributed by atoms with Gasteiger partial charge in [-0.1, -0.05) is 71.7 Å². The number of para-hydroxylation sites is 2. The van der Waals surface area contributed by atoms with Gasteiger partial charge in [-0.2, -0.15) is 0 Å². The van der Waals surface area contributed by atoms with Crippen molar-refractivity contribution in [2.24, 2.45) is 0 Å². The van der Waals surface area contributed by atoms with E-state index in [0.29, 0.717) is 8.64 Å². The molecule has 0 amide bonds. The number of hydrogen-bond acceptors (Lipinski definition) is 4. The molecule has 0 aliphatic carbocycles. The Labute approximate surface area is 210 Å². The standard InChI is InChI=1S/2C11H15NS2.Zn/c2*1-2-3-6-9-7-4-5-8-10(9)12-11(13)14;/h2*4-5,7-8H,2-3,6H2,1H3,(H2,12,13,14);/q;;+2/p-2. The van der Waals surface area contributed by atoms with Crippen LogP contribution in [0.3, 0.4) is 0 Å². The first kappa shape index (κ1) is 28.3. The molecule has 0 aliphatic rings. The van der Waals surface area contributed by atoms with Gasteiger partial charge in [0, 0.05) is 11.4 Å². The summed E-state index contributed by atoms with van der Waals surface area (Å²) in [5.74, 6) is 0. The van der Waals surface area contributed by atoms with Crippen molar-refractivity contribution < 1.29 is 19.5 Å². The molecule has 0 atom stereocenters. The molecule has 0 heterocycles. The molecule has 2 nitrogen and oxygen atoms in total. The summed E-state index contributed by atoms with van der Waals surface area (Å²) in [6.07, 6.45) is 6.96. The van der Waals surface area contributed by atoms with Gasteiger partial charge in [-0.15, -0.1) is 0 Å². The summed E-state index contributed by atoms with van der Waals surface area (Å²) < 4.78 is 0.822. The average molecular weight is 514 g/mol. The Hall–Kier alpha value is -0.717. The number of thiocarbonyl (C=S) groups is 2. The van der Waals surface area contributed by atoms with E-state index in [0.717, 1.165) is 24.2 Å². The molecule has 0 aromatic heterocycles. The molecular weight excluding hydrogens is 486 g/mol. The number of aryl methyl sites for hydroxylation is 2. The van der Waals surface area contributed by atoms with Crippen molar-refractivity contribution in [1.82, 2.24) is 0 Å². The summed E-state index contributed by atoms with van der Waals surface area (Å²) in [5, 5.41) is 6.06. The smallest absolute Gasteiger partial charge is 0.411 e. The van der Waals surface area contributed by atoms with Crippen molar-refractivity contribution in [3.05, 3.63) is 59.7 Å². The minimum atomic E-state index is 0. The number of hydrogen-bond donors (Lipinski definition) is 2. The maximum atomic E-state index is 4.85. The Kier molecular flexibility index (Phi) is 16.6. The van der Waals surface area contributed by atoms with Crippen molar-refractivity contribution in [2.75, 3.05) is 10.6 Å². The monoisotopic (exact) mass is 512 g/mol. The Morgan fingerprint density at radius 2 is 1.07 bits per heavy atom. The predicted octanol–water partition coefficient (Wildman–Crippen LogP) is 6.54. The number of anilines is 2. The van der Waals surface area contributed by atoms with Gasteiger partial charge in [-0.05, 0) is 48.9 Å². The van der Waals surface area contributed by atoms with Gasteiger partial charge in [0.2, 0.25) is 0 Å². The molecule has 0 bridgehead atoms. The largest absolute Gasteiger partial charge is 2.00 e. The van der Waals surface area contributed by atoms with Crippen LogP contribution >= 0.6 is 24.4 Å². The topological polar surface area (TPSA) is 24.1 Å². The quantitative estimate of drug-likeness (QED) is 0.236. The zero-order valence-corrected chi connectivity index (χ0v) is 23.4. The summed E-state index contributed by atoms with van der Waals surface area (Å²) in [5.41, 5.74) is 4.70. The van der Waals surface area contributed by atoms with Gasteiger partial charge in [-0.3, -0.25) is 0 Å². The van der Waals surface area contributed by atoms with Gasteiger partial charge in [0.1, 0.15) is 0 Å². The third-order valence-electron chi connectivity index (χ3n) is 4.11. The van der Waals surface area contributed by atoms with E-state index in [-0.39, 0.29) is 19.5 Å². The van der Waals surface area contributed by atoms with E-state index in [9.17, 15) is 0 Å². The van der Waals surface area contributed by atoms with Crippen LogP contribution in [0.4, 0.5) is 11.4 Å². The summed E-state index contributed by atoms with van der Waals surface area (Å²) in [6.45, 7) is 4.38. The minimum Gasteiger partial charge on any atom is -0.411 e. The molecule has 0 saturated heterocycles. The van der Waals surface area contributed by atoms with Crippen LogP contribution in [-0.2, 0) is 57.6 Å². The average Bonchev–Trinajstić information content (AvgIpc) is 2.66. The fraction of sp³-hybridized carbons (Fsp3) is 0.364. The fourth-order valence-corrected chi connectivity index (χ4v) is 3.11. The van der Waals surface area contributed by atoms with Crippen LogP contribution in [0.2, 0.25) is 0 Å². The van der Waals surface area contributed by atoms with E-state index >= 15 is 0 Å². The second-order valence-corrected chi connectivity index (χ2v) is 8.50. The number of unbranched alkanes of at least 4 members (excludes halogenated alkanes) is 2. The van der Waals surface area contributed by atoms with Crippen molar-refractivity contribution in [3.8, 4) is 0 Å². The molecule has 7 heteroatoms. The molecule has 2 N–H and O–H groups in total. The van der Waals surface area contributed by atoms with Gasteiger partial charge in [0.15, 0.2) is 0 Å². The maximum Gasteiger partial charge on any atom is 2.00 e. The Morgan fingerprint density at radius 3 is 1.38 bits per heavy atom. The third-order valence-corrected chi connectivity index (χ3v) is 4.52. The van der Waals surface area contributed by atoms with Crippen molar-refractivity contribution in [3.63, 3.8) is 0 Å². The molecule has 0 saturated carbocycles. The predicted molar refractivity (Wildman–Crippen MR) is 137 cm³/mol. The fourth-order valence-electron chi connectivity index (χ4n) is 2.67. The van der Waals surface area contributed by atoms with Crippen LogP contribution in [0, 0.1) is 0 Å². The second kappa shape index (κ2) is 17.0. The van der Waals surface area contributed by atoms with Gasteiger partial charge in [-0.25, -0.2) is 0 Å². The van der Waals surface area contributed by atoms with E-state index < -0.39 is 0 Å². The third kappa shape index (κ3) is 12.5. The number of rotatable bonds is 8. The van der Waals surface area contributed by atoms with E-state index in [1.807, 2.05) is 36.4 Å². The van der Waals surface area contributed by atoms with Gasteiger partial charge in [0.25, 0.3) is 0 Å². The Bertz CT molecular complexity index is 690. The van der Waals surface area contributed by atoms with E-state index in [2.05, 4.69) is 36.6 Å². The van der Waals surface area contributed by atoms with E-state index in [1.165, 1.54) is 36.8 Å². The molecule has 2 aromatic rings. The summed E-state index contributed by atoms with van der Waals surface area (Å²) in [4.78, 5) is 0. The van der Waals surface area contributed by atoms with Gasteiger partial charge < -0.3 is 60.3 Å². The number of benzene rings is 2. The van der Waals surface area contributed by atoms with Gasteiger partial charge >= 0.3 is 19.5 Å². The SMILES string of the molecule is CCCCc1ccccc1NC(=S)[S-].CCCCc1ccccc1NC(=S)[S-].[Zn+2]. The Balaban J connectivity index is 0.000000523. The van der Waals surface area contributed by atoms with E-state index in [1.54, 1.807) is 0 Å². The minimum absolute atomic E-state index is 0. The zero-order valence-electron chi connectivity index (χ0n) is 17.2. The first-order chi connectivity index (χ1) is 13.5. The van der Waals surface area contributed by atoms with Crippen molar-refractivity contribution >= 4 is 69.7 Å². The van der Waals surface area contributed by atoms with Crippen LogP contribution in [0.5, 0.6) is 0 Å². The first-order valence-corrected chi connectivity index (χ1v) is 11.2. The van der Waals surface area contributed by atoms with Crippen LogP contribution in [0.25, 0.3) is 0 Å². The van der Waals surface area contributed by atoms with Crippen molar-refractivity contribution in [2.45, 2.75) is 52.4 Å². The molecule has 2 rings (SSSR count). The van der Waals surface area contributed by atoms with Crippen LogP contribution in [0.15, 0.2) is 48.5 Å².